The van der Waals surface area contributed by atoms with Crippen LogP contribution < -0.4 is 0 Å². The zero-order valence-corrected chi connectivity index (χ0v) is 10.5. The molecule has 0 aromatic carbocycles. The number of hydrogen-bond acceptors (Lipinski definition) is 1. The Hall–Kier alpha value is -1.45. The van der Waals surface area contributed by atoms with Crippen LogP contribution in [0, 0.1) is 0 Å². The maximum Gasteiger partial charge on any atom is 0.460 e. The monoisotopic (exact) mass is 416 g/mol. The van der Waals surface area contributed by atoms with Crippen molar-refractivity contribution in [2.24, 2.45) is 0 Å². The second-order valence-corrected chi connectivity index (χ2v) is 4.23. The Balaban J connectivity index is 6.89. The average molecular weight is 416 g/mol. The first-order chi connectivity index (χ1) is 10.4. The molecule has 0 atom stereocenters. The Labute approximate surface area is 124 Å². The molecule has 0 aliphatic heterocycles. The molecular weight excluding hydrogens is 416 g/mol. The standard InChI is InChI=1S/C8F16O/c9-1(25)2(10,3(11,12)5(15,16)7(19,20)21)4(13,14)6(17,18)8(22,23)24. The van der Waals surface area contributed by atoms with Crippen LogP contribution in [0.1, 0.15) is 0 Å². The Morgan fingerprint density at radius 2 is 0.640 bits per heavy atom. The molecule has 0 amide bonds. The van der Waals surface area contributed by atoms with Gasteiger partial charge in [0.1, 0.15) is 0 Å². The van der Waals surface area contributed by atoms with Crippen molar-refractivity contribution >= 4 is 6.04 Å². The summed E-state index contributed by atoms with van der Waals surface area (Å²) in [5.74, 6) is -33.1. The Bertz CT molecular complexity index is 485. The Morgan fingerprint density at radius 1 is 0.440 bits per heavy atom. The van der Waals surface area contributed by atoms with Crippen molar-refractivity contribution in [2.75, 3.05) is 0 Å². The van der Waals surface area contributed by atoms with Gasteiger partial charge in [0.15, 0.2) is 0 Å². The van der Waals surface area contributed by atoms with E-state index in [9.17, 15) is 75.0 Å². The zero-order chi connectivity index (χ0) is 21.1. The molecule has 0 saturated carbocycles. The highest BCUT2D eigenvalue weighted by Crippen LogP contribution is 2.62. The van der Waals surface area contributed by atoms with Crippen molar-refractivity contribution in [1.29, 1.82) is 0 Å². The lowest BCUT2D eigenvalue weighted by Gasteiger charge is -2.41. The molecule has 0 spiro atoms. The summed E-state index contributed by atoms with van der Waals surface area (Å²) in [4.78, 5) is 9.90. The first kappa shape index (κ1) is 23.5. The molecule has 0 N–H and O–H groups in total. The topological polar surface area (TPSA) is 17.1 Å². The summed E-state index contributed by atoms with van der Waals surface area (Å²) in [6.07, 6.45) is -15.5. The van der Waals surface area contributed by atoms with Crippen molar-refractivity contribution in [2.45, 2.75) is 41.7 Å². The van der Waals surface area contributed by atoms with Crippen LogP contribution in [0.4, 0.5) is 70.2 Å². The van der Waals surface area contributed by atoms with Crippen molar-refractivity contribution in [3.63, 3.8) is 0 Å². The highest BCUT2D eigenvalue weighted by atomic mass is 19.4. The highest BCUT2D eigenvalue weighted by Gasteiger charge is 2.95. The molecule has 1 nitrogen and oxygen atoms in total. The van der Waals surface area contributed by atoms with Gasteiger partial charge in [-0.05, 0) is 0 Å². The fourth-order valence-electron chi connectivity index (χ4n) is 1.23. The quantitative estimate of drug-likeness (QED) is 0.463. The van der Waals surface area contributed by atoms with Gasteiger partial charge in [-0.3, -0.25) is 4.79 Å². The van der Waals surface area contributed by atoms with Gasteiger partial charge in [0.25, 0.3) is 0 Å². The molecule has 0 aliphatic carbocycles. The normalized spacial score (nSPS) is 16.2. The fraction of sp³-hybridized carbons (Fsp3) is 0.875. The molecule has 150 valence electrons. The Morgan fingerprint density at radius 3 is 0.760 bits per heavy atom. The largest absolute Gasteiger partial charge is 0.460 e. The summed E-state index contributed by atoms with van der Waals surface area (Å²) in [6, 6.07) is -5.32. The summed E-state index contributed by atoms with van der Waals surface area (Å²) in [6.45, 7) is 0. The van der Waals surface area contributed by atoms with Gasteiger partial charge in [-0.1, -0.05) is 0 Å². The van der Waals surface area contributed by atoms with E-state index in [1.54, 1.807) is 0 Å². The summed E-state index contributed by atoms with van der Waals surface area (Å²) in [5.41, 5.74) is -8.24. The molecule has 0 saturated heterocycles. The van der Waals surface area contributed by atoms with Crippen LogP contribution in [0.15, 0.2) is 0 Å². The van der Waals surface area contributed by atoms with Gasteiger partial charge in [-0.2, -0.15) is 65.9 Å². The van der Waals surface area contributed by atoms with E-state index in [-0.39, 0.29) is 0 Å². The molecule has 0 bridgehead atoms. The minimum Gasteiger partial charge on any atom is -0.257 e. The second kappa shape index (κ2) is 5.52. The lowest BCUT2D eigenvalue weighted by Crippen LogP contribution is -2.76. The van der Waals surface area contributed by atoms with E-state index in [0.29, 0.717) is 0 Å². The molecule has 25 heavy (non-hydrogen) atoms. The minimum atomic E-state index is -8.41. The van der Waals surface area contributed by atoms with Crippen LogP contribution in [0.2, 0.25) is 0 Å². The first-order valence-electron chi connectivity index (χ1n) is 4.98. The fourth-order valence-corrected chi connectivity index (χ4v) is 1.23. The van der Waals surface area contributed by atoms with E-state index in [1.165, 1.54) is 0 Å². The molecule has 0 fully saturated rings. The van der Waals surface area contributed by atoms with Crippen molar-refractivity contribution in [3.8, 4) is 0 Å². The Kier molecular flexibility index (Phi) is 5.20. The number of halogens is 16. The number of carbonyl (C=O) groups is 1. The number of rotatable bonds is 5. The number of hydrogen-bond donors (Lipinski definition) is 0. The van der Waals surface area contributed by atoms with Gasteiger partial charge in [0.2, 0.25) is 0 Å². The number of carbonyl (C=O) groups excluding carboxylic acids is 1. The smallest absolute Gasteiger partial charge is 0.257 e. The summed E-state index contributed by atoms with van der Waals surface area (Å²) < 4.78 is 198. The lowest BCUT2D eigenvalue weighted by atomic mass is 9.83. The van der Waals surface area contributed by atoms with Gasteiger partial charge in [0.05, 0.1) is 0 Å². The second-order valence-electron chi connectivity index (χ2n) is 4.23. The van der Waals surface area contributed by atoms with E-state index in [2.05, 4.69) is 0 Å². The predicted molar refractivity (Wildman–Crippen MR) is 41.9 cm³/mol. The third-order valence-corrected chi connectivity index (χ3v) is 2.64. The molecule has 0 radical (unpaired) electrons. The summed E-state index contributed by atoms with van der Waals surface area (Å²) in [5, 5.41) is 0. The molecular formula is C8F16O. The highest BCUT2D eigenvalue weighted by molar-refractivity contribution is 5.82. The SMILES string of the molecule is O=C(F)C(F)(C(F)(F)C(F)(F)C(F)(F)F)C(F)(F)C(F)(F)C(F)(F)F. The summed E-state index contributed by atoms with van der Waals surface area (Å²) >= 11 is 0. The van der Waals surface area contributed by atoms with E-state index in [0.717, 1.165) is 0 Å². The van der Waals surface area contributed by atoms with Gasteiger partial charge < -0.3 is 0 Å². The van der Waals surface area contributed by atoms with Crippen LogP contribution in [-0.4, -0.2) is 47.7 Å². The first-order valence-corrected chi connectivity index (χ1v) is 4.98. The summed E-state index contributed by atoms with van der Waals surface area (Å²) in [7, 11) is 0. The van der Waals surface area contributed by atoms with Crippen molar-refractivity contribution in [1.82, 2.24) is 0 Å². The molecule has 0 aliphatic rings. The predicted octanol–water partition coefficient (Wildman–Crippen LogP) is 4.86. The zero-order valence-electron chi connectivity index (χ0n) is 10.5. The third kappa shape index (κ3) is 2.78. The van der Waals surface area contributed by atoms with Crippen LogP contribution in [-0.2, 0) is 4.79 Å². The minimum absolute atomic E-state index is 5.32. The van der Waals surface area contributed by atoms with Crippen molar-refractivity contribution in [3.05, 3.63) is 0 Å². The van der Waals surface area contributed by atoms with Crippen LogP contribution in [0.3, 0.4) is 0 Å². The van der Waals surface area contributed by atoms with Crippen molar-refractivity contribution < 1.29 is 75.0 Å². The molecule has 0 heterocycles. The maximum atomic E-state index is 13.3. The average Bonchev–Trinajstić information content (AvgIpc) is 2.33. The van der Waals surface area contributed by atoms with Gasteiger partial charge in [-0.15, -0.1) is 0 Å². The van der Waals surface area contributed by atoms with Crippen LogP contribution >= 0.6 is 0 Å². The van der Waals surface area contributed by atoms with E-state index in [4.69, 9.17) is 0 Å². The molecule has 0 aromatic rings. The number of alkyl halides is 15. The van der Waals surface area contributed by atoms with E-state index >= 15 is 0 Å². The van der Waals surface area contributed by atoms with Crippen LogP contribution in [0.5, 0.6) is 0 Å². The molecule has 0 unspecified atom stereocenters. The third-order valence-electron chi connectivity index (χ3n) is 2.64. The van der Waals surface area contributed by atoms with E-state index < -0.39 is 47.7 Å². The van der Waals surface area contributed by atoms with E-state index in [1.807, 2.05) is 0 Å². The van der Waals surface area contributed by atoms with Gasteiger partial charge >= 0.3 is 47.7 Å². The molecule has 17 heteroatoms. The van der Waals surface area contributed by atoms with Gasteiger partial charge in [0, 0.05) is 0 Å². The maximum absolute atomic E-state index is 13.3. The lowest BCUT2D eigenvalue weighted by molar-refractivity contribution is -0.428. The van der Waals surface area contributed by atoms with Gasteiger partial charge in [-0.25, -0.2) is 4.39 Å². The molecule has 0 aromatic heterocycles. The molecule has 0 rings (SSSR count). The van der Waals surface area contributed by atoms with Crippen LogP contribution in [0.25, 0.3) is 0 Å².